The molecule has 4 nitrogen and oxygen atoms in total. The first-order valence-electron chi connectivity index (χ1n) is 4.59. The van der Waals surface area contributed by atoms with Crippen LogP contribution in [0, 0.1) is 0 Å². The maximum Gasteiger partial charge on any atom is 0.212 e. The van der Waals surface area contributed by atoms with E-state index in [1.54, 1.807) is 4.68 Å². The van der Waals surface area contributed by atoms with Gasteiger partial charge in [-0.1, -0.05) is 17.3 Å². The summed E-state index contributed by atoms with van der Waals surface area (Å²) < 4.78 is 7.17. The fourth-order valence-electron chi connectivity index (χ4n) is 1.58. The molecule has 1 aromatic heterocycles. The molecule has 0 amide bonds. The lowest BCUT2D eigenvalue weighted by Crippen LogP contribution is -1.99. The number of hydrogen-bond donors (Lipinski definition) is 0. The van der Waals surface area contributed by atoms with Gasteiger partial charge in [0.05, 0.1) is 12.1 Å². The monoisotopic (exact) mass is 187 g/mol. The van der Waals surface area contributed by atoms with Gasteiger partial charge >= 0.3 is 0 Å². The van der Waals surface area contributed by atoms with Gasteiger partial charge in [-0.25, -0.2) is 0 Å². The Balaban J connectivity index is 2.21. The summed E-state index contributed by atoms with van der Waals surface area (Å²) in [5.41, 5.74) is 1.88. The Labute approximate surface area is 80.8 Å². The molecular weight excluding hydrogens is 178 g/mol. The number of para-hydroxylation sites is 1. The van der Waals surface area contributed by atoms with Crippen LogP contribution in [0.1, 0.15) is 6.42 Å². The molecule has 0 N–H and O–H groups in total. The largest absolute Gasteiger partial charge is 0.477 e. The van der Waals surface area contributed by atoms with Crippen LogP contribution in [0.5, 0.6) is 0 Å². The molecule has 2 aromatic rings. The van der Waals surface area contributed by atoms with E-state index in [0.29, 0.717) is 0 Å². The Morgan fingerprint density at radius 3 is 3.07 bits per heavy atom. The summed E-state index contributed by atoms with van der Waals surface area (Å²) in [6.07, 6.45) is 2.98. The van der Waals surface area contributed by atoms with E-state index in [-0.39, 0.29) is 0 Å². The minimum Gasteiger partial charge on any atom is -0.477 e. The number of hydrogen-bond acceptors (Lipinski definition) is 3. The highest BCUT2D eigenvalue weighted by molar-refractivity contribution is 5.76. The van der Waals surface area contributed by atoms with Crippen LogP contribution in [0.25, 0.3) is 16.9 Å². The van der Waals surface area contributed by atoms with Crippen molar-refractivity contribution in [2.45, 2.75) is 6.42 Å². The predicted molar refractivity (Wildman–Crippen MR) is 52.4 cm³/mol. The van der Waals surface area contributed by atoms with E-state index in [2.05, 4.69) is 10.3 Å². The number of aromatic nitrogens is 3. The van der Waals surface area contributed by atoms with Crippen LogP contribution in [0.3, 0.4) is 0 Å². The Hall–Kier alpha value is -1.84. The van der Waals surface area contributed by atoms with Crippen molar-refractivity contribution in [1.82, 2.24) is 15.0 Å². The van der Waals surface area contributed by atoms with E-state index in [1.807, 2.05) is 30.3 Å². The lowest BCUT2D eigenvalue weighted by molar-refractivity contribution is 0.284. The van der Waals surface area contributed by atoms with Crippen molar-refractivity contribution in [2.24, 2.45) is 0 Å². The number of rotatable bonds is 1. The second-order valence-corrected chi connectivity index (χ2v) is 3.17. The fraction of sp³-hybridized carbons (Fsp3) is 0.200. The second-order valence-electron chi connectivity index (χ2n) is 3.17. The molecule has 70 valence electrons. The predicted octanol–water partition coefficient (Wildman–Crippen LogP) is 1.65. The van der Waals surface area contributed by atoms with Crippen LogP contribution in [0.4, 0.5) is 0 Å². The molecule has 1 aliphatic rings. The summed E-state index contributed by atoms with van der Waals surface area (Å²) >= 11 is 0. The van der Waals surface area contributed by atoms with Gasteiger partial charge in [0.25, 0.3) is 0 Å². The highest BCUT2D eigenvalue weighted by Crippen LogP contribution is 2.19. The highest BCUT2D eigenvalue weighted by Gasteiger charge is 2.12. The first-order chi connectivity index (χ1) is 6.95. The van der Waals surface area contributed by atoms with Crippen LogP contribution in [-0.4, -0.2) is 21.6 Å². The van der Waals surface area contributed by atoms with Crippen LogP contribution in [0.2, 0.25) is 0 Å². The topological polar surface area (TPSA) is 39.9 Å². The van der Waals surface area contributed by atoms with Gasteiger partial charge in [0.15, 0.2) is 0 Å². The van der Waals surface area contributed by atoms with E-state index < -0.39 is 0 Å². The molecule has 3 rings (SSSR count). The molecule has 0 atom stereocenters. The summed E-state index contributed by atoms with van der Waals surface area (Å²) in [6, 6.07) is 7.84. The van der Waals surface area contributed by atoms with Crippen LogP contribution in [0.15, 0.2) is 30.3 Å². The van der Waals surface area contributed by atoms with Gasteiger partial charge in [-0.15, -0.1) is 5.10 Å². The molecule has 2 heterocycles. The lowest BCUT2D eigenvalue weighted by Gasteiger charge is -2.02. The average Bonchev–Trinajstić information content (AvgIpc) is 2.85. The molecule has 0 aliphatic carbocycles. The van der Waals surface area contributed by atoms with E-state index in [9.17, 15) is 0 Å². The Bertz CT molecular complexity index is 501. The summed E-state index contributed by atoms with van der Waals surface area (Å²) in [5, 5.41) is 8.11. The molecule has 0 unspecified atom stereocenters. The quantitative estimate of drug-likeness (QED) is 0.681. The SMILES string of the molecule is C1=C(n2nnc3ccccc32)OCC1. The molecule has 0 spiro atoms. The molecule has 1 aliphatic heterocycles. The van der Waals surface area contributed by atoms with E-state index >= 15 is 0 Å². The van der Waals surface area contributed by atoms with Crippen molar-refractivity contribution >= 4 is 16.9 Å². The van der Waals surface area contributed by atoms with Gasteiger partial charge in [-0.3, -0.25) is 0 Å². The Kier molecular flexibility index (Phi) is 1.53. The van der Waals surface area contributed by atoms with Gasteiger partial charge in [0.1, 0.15) is 5.52 Å². The normalized spacial score (nSPS) is 15.6. The molecule has 14 heavy (non-hydrogen) atoms. The average molecular weight is 187 g/mol. The smallest absolute Gasteiger partial charge is 0.212 e. The molecular formula is C10H9N3O. The number of benzene rings is 1. The minimum absolute atomic E-state index is 0.740. The van der Waals surface area contributed by atoms with Crippen molar-refractivity contribution < 1.29 is 4.74 Å². The first-order valence-corrected chi connectivity index (χ1v) is 4.59. The van der Waals surface area contributed by atoms with Gasteiger partial charge in [0, 0.05) is 6.42 Å². The molecule has 1 aromatic carbocycles. The maximum absolute atomic E-state index is 5.43. The van der Waals surface area contributed by atoms with Crippen molar-refractivity contribution in [3.8, 4) is 0 Å². The van der Waals surface area contributed by atoms with Crippen LogP contribution in [-0.2, 0) is 4.74 Å². The van der Waals surface area contributed by atoms with Crippen LogP contribution >= 0.6 is 0 Å². The number of fused-ring (bicyclic) bond motifs is 1. The first kappa shape index (κ1) is 7.55. The van der Waals surface area contributed by atoms with Crippen molar-refractivity contribution in [2.75, 3.05) is 6.61 Å². The van der Waals surface area contributed by atoms with Gasteiger partial charge in [-0.05, 0) is 18.2 Å². The highest BCUT2D eigenvalue weighted by atomic mass is 16.5. The summed E-state index contributed by atoms with van der Waals surface area (Å²) in [4.78, 5) is 0. The van der Waals surface area contributed by atoms with Crippen molar-refractivity contribution in [1.29, 1.82) is 0 Å². The summed E-state index contributed by atoms with van der Waals surface area (Å²) in [6.45, 7) is 0.740. The van der Waals surface area contributed by atoms with E-state index in [0.717, 1.165) is 29.9 Å². The van der Waals surface area contributed by atoms with Gasteiger partial charge < -0.3 is 4.74 Å². The zero-order valence-corrected chi connectivity index (χ0v) is 7.55. The third-order valence-electron chi connectivity index (χ3n) is 2.25. The Morgan fingerprint density at radius 1 is 1.29 bits per heavy atom. The minimum atomic E-state index is 0.740. The van der Waals surface area contributed by atoms with Gasteiger partial charge in [-0.2, -0.15) is 4.68 Å². The summed E-state index contributed by atoms with van der Waals surface area (Å²) in [7, 11) is 0. The fourth-order valence-corrected chi connectivity index (χ4v) is 1.58. The molecule has 0 saturated carbocycles. The second kappa shape index (κ2) is 2.83. The number of ether oxygens (including phenoxy) is 1. The number of nitrogens with zero attached hydrogens (tertiary/aromatic N) is 3. The maximum atomic E-state index is 5.43. The van der Waals surface area contributed by atoms with Crippen molar-refractivity contribution in [3.05, 3.63) is 30.3 Å². The molecule has 0 radical (unpaired) electrons. The van der Waals surface area contributed by atoms with Crippen molar-refractivity contribution in [3.63, 3.8) is 0 Å². The third kappa shape index (κ3) is 1.00. The molecule has 0 saturated heterocycles. The lowest BCUT2D eigenvalue weighted by atomic mass is 10.3. The standard InChI is InChI=1S/C10H9N3O/c1-2-5-9-8(4-1)11-12-13(9)10-6-3-7-14-10/h1-2,4-6H,3,7H2. The molecule has 0 fully saturated rings. The molecule has 4 heteroatoms. The van der Waals surface area contributed by atoms with E-state index in [4.69, 9.17) is 4.74 Å². The Morgan fingerprint density at radius 2 is 2.21 bits per heavy atom. The van der Waals surface area contributed by atoms with Crippen LogP contribution < -0.4 is 0 Å². The summed E-state index contributed by atoms with van der Waals surface area (Å²) in [5.74, 6) is 0.790. The third-order valence-corrected chi connectivity index (χ3v) is 2.25. The molecule has 0 bridgehead atoms. The zero-order valence-electron chi connectivity index (χ0n) is 7.55. The van der Waals surface area contributed by atoms with Gasteiger partial charge in [0.2, 0.25) is 5.88 Å². The van der Waals surface area contributed by atoms with E-state index in [1.165, 1.54) is 0 Å². The zero-order chi connectivity index (χ0) is 9.38.